The summed E-state index contributed by atoms with van der Waals surface area (Å²) in [5.41, 5.74) is 8.15. The molecule has 108 valence electrons. The van der Waals surface area contributed by atoms with Gasteiger partial charge in [-0.25, -0.2) is 0 Å². The van der Waals surface area contributed by atoms with Crippen LogP contribution in [0.15, 0.2) is 42.5 Å². The fourth-order valence-corrected chi connectivity index (χ4v) is 3.50. The molecule has 2 aromatic carbocycles. The zero-order valence-electron chi connectivity index (χ0n) is 13.6. The fraction of sp³-hybridized carbons (Fsp3) is 0.300. The molecule has 0 saturated carbocycles. The normalized spacial score (nSPS) is 16.0. The van der Waals surface area contributed by atoms with Gasteiger partial charge in [0.25, 0.3) is 0 Å². The lowest BCUT2D eigenvalue weighted by molar-refractivity contribution is 0.482. The Bertz CT molecular complexity index is 723. The van der Waals surface area contributed by atoms with Gasteiger partial charge in [-0.1, -0.05) is 48.0 Å². The topological polar surface area (TPSA) is 3.24 Å². The van der Waals surface area contributed by atoms with Crippen LogP contribution in [0, 0.1) is 13.8 Å². The average molecular weight is 277 g/mol. The van der Waals surface area contributed by atoms with Gasteiger partial charge >= 0.3 is 0 Å². The molecule has 21 heavy (non-hydrogen) atoms. The lowest BCUT2D eigenvalue weighted by Crippen LogP contribution is -2.48. The van der Waals surface area contributed by atoms with Crippen LogP contribution in [0.5, 0.6) is 0 Å². The minimum Gasteiger partial charge on any atom is -0.331 e. The van der Waals surface area contributed by atoms with E-state index in [-0.39, 0.29) is 5.54 Å². The standard InChI is InChI=1S/C20H23N/c1-6-9-16-10-7-8-11-18(16)21-19-15(3)12-14(2)13-17(19)20(21,4)5/h6-13H,1-5H3/b9-6-. The smallest absolute Gasteiger partial charge is 0.0667 e. The van der Waals surface area contributed by atoms with Crippen molar-refractivity contribution >= 4 is 17.5 Å². The quantitative estimate of drug-likeness (QED) is 0.678. The van der Waals surface area contributed by atoms with Gasteiger partial charge in [0.1, 0.15) is 0 Å². The predicted octanol–water partition coefficient (Wildman–Crippen LogP) is 5.72. The highest BCUT2D eigenvalue weighted by atomic mass is 15.3. The van der Waals surface area contributed by atoms with Gasteiger partial charge in [-0.3, -0.25) is 0 Å². The first-order valence-electron chi connectivity index (χ1n) is 7.60. The number of allylic oxidation sites excluding steroid dienone is 1. The first-order chi connectivity index (χ1) is 9.96. The molecule has 1 heteroatoms. The van der Waals surface area contributed by atoms with Crippen LogP contribution < -0.4 is 4.90 Å². The van der Waals surface area contributed by atoms with E-state index in [2.05, 4.69) is 88.1 Å². The minimum atomic E-state index is 0.0454. The van der Waals surface area contributed by atoms with Gasteiger partial charge in [-0.2, -0.15) is 0 Å². The molecule has 0 aromatic heterocycles. The van der Waals surface area contributed by atoms with E-state index in [9.17, 15) is 0 Å². The number of hydrogen-bond donors (Lipinski definition) is 0. The molecule has 0 fully saturated rings. The van der Waals surface area contributed by atoms with E-state index in [1.165, 1.54) is 33.6 Å². The van der Waals surface area contributed by atoms with Crippen LogP contribution in [0.25, 0.3) is 6.08 Å². The van der Waals surface area contributed by atoms with Crippen molar-refractivity contribution in [2.24, 2.45) is 0 Å². The van der Waals surface area contributed by atoms with Crippen LogP contribution in [0.4, 0.5) is 11.4 Å². The van der Waals surface area contributed by atoms with Crippen molar-refractivity contribution in [3.05, 3.63) is 64.7 Å². The van der Waals surface area contributed by atoms with Gasteiger partial charge < -0.3 is 4.90 Å². The second-order valence-corrected chi connectivity index (χ2v) is 6.43. The Balaban J connectivity index is 2.20. The summed E-state index contributed by atoms with van der Waals surface area (Å²) in [7, 11) is 0. The Morgan fingerprint density at radius 3 is 2.48 bits per heavy atom. The number of anilines is 2. The summed E-state index contributed by atoms with van der Waals surface area (Å²) in [5.74, 6) is 0. The van der Waals surface area contributed by atoms with E-state index in [1.54, 1.807) is 0 Å². The van der Waals surface area contributed by atoms with Gasteiger partial charge in [-0.05, 0) is 51.8 Å². The minimum absolute atomic E-state index is 0.0454. The van der Waals surface area contributed by atoms with Crippen LogP contribution in [0.1, 0.15) is 43.0 Å². The lowest BCUT2D eigenvalue weighted by atomic mass is 9.78. The molecule has 0 amide bonds. The van der Waals surface area contributed by atoms with E-state index in [4.69, 9.17) is 0 Å². The third-order valence-corrected chi connectivity index (χ3v) is 4.41. The Kier molecular flexibility index (Phi) is 3.16. The lowest BCUT2D eigenvalue weighted by Gasteiger charge is -2.53. The van der Waals surface area contributed by atoms with Crippen molar-refractivity contribution < 1.29 is 0 Å². The Labute approximate surface area is 127 Å². The second kappa shape index (κ2) is 4.77. The van der Waals surface area contributed by atoms with Gasteiger partial charge in [0.15, 0.2) is 0 Å². The van der Waals surface area contributed by atoms with Gasteiger partial charge in [0, 0.05) is 11.3 Å². The van der Waals surface area contributed by atoms with E-state index in [0.717, 1.165) is 0 Å². The average Bonchev–Trinajstić information content (AvgIpc) is 2.43. The number of rotatable bonds is 2. The molecule has 1 nitrogen and oxygen atoms in total. The summed E-state index contributed by atoms with van der Waals surface area (Å²) in [4.78, 5) is 2.48. The van der Waals surface area contributed by atoms with Gasteiger partial charge in [0.05, 0.1) is 11.2 Å². The number of benzene rings is 2. The van der Waals surface area contributed by atoms with Crippen molar-refractivity contribution in [2.45, 2.75) is 40.2 Å². The number of fused-ring (bicyclic) bond motifs is 1. The summed E-state index contributed by atoms with van der Waals surface area (Å²) >= 11 is 0. The Morgan fingerprint density at radius 2 is 1.76 bits per heavy atom. The maximum Gasteiger partial charge on any atom is 0.0667 e. The molecule has 0 aliphatic carbocycles. The van der Waals surface area contributed by atoms with Crippen LogP contribution in [-0.2, 0) is 5.54 Å². The van der Waals surface area contributed by atoms with E-state index < -0.39 is 0 Å². The third kappa shape index (κ3) is 1.99. The molecule has 1 aliphatic rings. The second-order valence-electron chi connectivity index (χ2n) is 6.43. The van der Waals surface area contributed by atoms with Crippen LogP contribution in [0.3, 0.4) is 0 Å². The third-order valence-electron chi connectivity index (χ3n) is 4.41. The van der Waals surface area contributed by atoms with Crippen LogP contribution in [0.2, 0.25) is 0 Å². The molecule has 0 spiro atoms. The molecule has 0 radical (unpaired) electrons. The van der Waals surface area contributed by atoms with Crippen molar-refractivity contribution in [1.82, 2.24) is 0 Å². The number of hydrogen-bond acceptors (Lipinski definition) is 1. The summed E-state index contributed by atoms with van der Waals surface area (Å²) in [6, 6.07) is 13.2. The van der Waals surface area contributed by atoms with Gasteiger partial charge in [0.2, 0.25) is 0 Å². The molecule has 2 aromatic rings. The summed E-state index contributed by atoms with van der Waals surface area (Å²) in [5, 5.41) is 0. The first kappa shape index (κ1) is 13.9. The highest BCUT2D eigenvalue weighted by Gasteiger charge is 2.44. The SMILES string of the molecule is C/C=C\c1ccccc1N1c2c(C)cc(C)cc2C1(C)C. The highest BCUT2D eigenvalue weighted by Crippen LogP contribution is 2.54. The maximum atomic E-state index is 2.48. The zero-order valence-corrected chi connectivity index (χ0v) is 13.6. The molecular weight excluding hydrogens is 254 g/mol. The Morgan fingerprint density at radius 1 is 1.05 bits per heavy atom. The number of para-hydroxylation sites is 1. The monoisotopic (exact) mass is 277 g/mol. The van der Waals surface area contributed by atoms with Crippen LogP contribution >= 0.6 is 0 Å². The largest absolute Gasteiger partial charge is 0.331 e. The number of aryl methyl sites for hydroxylation is 2. The zero-order chi connectivity index (χ0) is 15.2. The van der Waals surface area contributed by atoms with Crippen molar-refractivity contribution in [3.8, 4) is 0 Å². The molecule has 0 unspecified atom stereocenters. The summed E-state index contributed by atoms with van der Waals surface area (Å²) in [6.07, 6.45) is 4.29. The summed E-state index contributed by atoms with van der Waals surface area (Å²) in [6.45, 7) is 11.1. The maximum absolute atomic E-state index is 2.48. The molecule has 0 saturated heterocycles. The fourth-order valence-electron chi connectivity index (χ4n) is 3.50. The highest BCUT2D eigenvalue weighted by molar-refractivity contribution is 5.85. The molecule has 3 rings (SSSR count). The Hall–Kier alpha value is -2.02. The van der Waals surface area contributed by atoms with Crippen LogP contribution in [-0.4, -0.2) is 0 Å². The molecule has 0 N–H and O–H groups in total. The van der Waals surface area contributed by atoms with E-state index in [0.29, 0.717) is 0 Å². The van der Waals surface area contributed by atoms with E-state index in [1.807, 2.05) is 0 Å². The molecule has 1 aliphatic heterocycles. The predicted molar refractivity (Wildman–Crippen MR) is 92.2 cm³/mol. The van der Waals surface area contributed by atoms with Crippen molar-refractivity contribution in [2.75, 3.05) is 4.90 Å². The summed E-state index contributed by atoms with van der Waals surface area (Å²) < 4.78 is 0. The van der Waals surface area contributed by atoms with Gasteiger partial charge in [-0.15, -0.1) is 0 Å². The molecular formula is C20H23N. The molecule has 0 atom stereocenters. The number of nitrogens with zero attached hydrogens (tertiary/aromatic N) is 1. The van der Waals surface area contributed by atoms with E-state index >= 15 is 0 Å². The van der Waals surface area contributed by atoms with Crippen molar-refractivity contribution in [3.63, 3.8) is 0 Å². The first-order valence-corrected chi connectivity index (χ1v) is 7.60. The molecule has 1 heterocycles. The van der Waals surface area contributed by atoms with Crippen molar-refractivity contribution in [1.29, 1.82) is 0 Å². The molecule has 0 bridgehead atoms.